The maximum atomic E-state index is 12.1. The van der Waals surface area contributed by atoms with Crippen LogP contribution in [0.5, 0.6) is 0 Å². The van der Waals surface area contributed by atoms with Crippen molar-refractivity contribution in [2.24, 2.45) is 11.8 Å². The van der Waals surface area contributed by atoms with Crippen LogP contribution in [-0.2, 0) is 16.4 Å². The van der Waals surface area contributed by atoms with Crippen molar-refractivity contribution in [1.82, 2.24) is 4.72 Å². The van der Waals surface area contributed by atoms with E-state index in [1.165, 1.54) is 5.56 Å². The van der Waals surface area contributed by atoms with Gasteiger partial charge in [0.1, 0.15) is 0 Å². The molecule has 0 saturated carbocycles. The molecule has 1 rings (SSSR count). The first-order valence-corrected chi connectivity index (χ1v) is 8.88. The molecule has 20 heavy (non-hydrogen) atoms. The first-order chi connectivity index (χ1) is 9.31. The average molecular weight is 297 g/mol. The van der Waals surface area contributed by atoms with Crippen LogP contribution in [-0.4, -0.2) is 15.0 Å². The molecular formula is C16H27NO2S. The van der Waals surface area contributed by atoms with Gasteiger partial charge in [-0.1, -0.05) is 39.8 Å². The third-order valence-electron chi connectivity index (χ3n) is 3.26. The molecule has 0 bridgehead atoms. The molecule has 3 nitrogen and oxygen atoms in total. The molecule has 0 aromatic heterocycles. The normalized spacial score (nSPS) is 12.3. The predicted molar refractivity (Wildman–Crippen MR) is 84.2 cm³/mol. The molecule has 0 aliphatic carbocycles. The number of hydrogen-bond donors (Lipinski definition) is 1. The summed E-state index contributed by atoms with van der Waals surface area (Å²) in [5, 5.41) is 0. The van der Waals surface area contributed by atoms with Crippen molar-refractivity contribution in [3.8, 4) is 0 Å². The lowest BCUT2D eigenvalue weighted by Crippen LogP contribution is -2.25. The van der Waals surface area contributed by atoms with E-state index in [4.69, 9.17) is 0 Å². The van der Waals surface area contributed by atoms with Gasteiger partial charge in [0.25, 0.3) is 0 Å². The molecule has 114 valence electrons. The van der Waals surface area contributed by atoms with Gasteiger partial charge in [-0.05, 0) is 48.8 Å². The van der Waals surface area contributed by atoms with Crippen LogP contribution >= 0.6 is 0 Å². The maximum Gasteiger partial charge on any atom is 0.240 e. The van der Waals surface area contributed by atoms with E-state index in [1.807, 2.05) is 12.1 Å². The molecular weight excluding hydrogens is 270 g/mol. The van der Waals surface area contributed by atoms with Crippen molar-refractivity contribution in [3.63, 3.8) is 0 Å². The van der Waals surface area contributed by atoms with Gasteiger partial charge in [-0.15, -0.1) is 0 Å². The topological polar surface area (TPSA) is 46.2 Å². The molecule has 0 heterocycles. The molecule has 0 aliphatic heterocycles. The quantitative estimate of drug-likeness (QED) is 0.797. The first kappa shape index (κ1) is 17.2. The van der Waals surface area contributed by atoms with Crippen LogP contribution in [0.3, 0.4) is 0 Å². The fourth-order valence-electron chi connectivity index (χ4n) is 1.86. The number of rotatable bonds is 8. The Morgan fingerprint density at radius 3 is 2.00 bits per heavy atom. The van der Waals surface area contributed by atoms with E-state index in [9.17, 15) is 8.42 Å². The molecule has 1 N–H and O–H groups in total. The highest BCUT2D eigenvalue weighted by Crippen LogP contribution is 2.14. The predicted octanol–water partition coefficient (Wildman–Crippen LogP) is 3.60. The van der Waals surface area contributed by atoms with Crippen molar-refractivity contribution >= 4 is 10.0 Å². The minimum atomic E-state index is -3.35. The van der Waals surface area contributed by atoms with Crippen LogP contribution < -0.4 is 4.72 Å². The van der Waals surface area contributed by atoms with Gasteiger partial charge in [0.15, 0.2) is 0 Å². The third kappa shape index (κ3) is 6.06. The molecule has 4 heteroatoms. The van der Waals surface area contributed by atoms with Crippen molar-refractivity contribution in [2.75, 3.05) is 6.54 Å². The lowest BCUT2D eigenvalue weighted by molar-refractivity contribution is 0.551. The Morgan fingerprint density at radius 2 is 1.50 bits per heavy atom. The van der Waals surface area contributed by atoms with Crippen LogP contribution in [0, 0.1) is 11.8 Å². The van der Waals surface area contributed by atoms with Crippen molar-refractivity contribution in [3.05, 3.63) is 29.8 Å². The largest absolute Gasteiger partial charge is 0.240 e. The Labute approximate surface area is 123 Å². The highest BCUT2D eigenvalue weighted by molar-refractivity contribution is 7.89. The Hall–Kier alpha value is -0.870. The van der Waals surface area contributed by atoms with Crippen LogP contribution in [0.2, 0.25) is 0 Å². The average Bonchev–Trinajstić information content (AvgIpc) is 2.36. The van der Waals surface area contributed by atoms with Crippen LogP contribution in [0.4, 0.5) is 0 Å². The van der Waals surface area contributed by atoms with E-state index in [1.54, 1.807) is 12.1 Å². The molecule has 1 aromatic rings. The van der Waals surface area contributed by atoms with E-state index in [2.05, 4.69) is 32.4 Å². The second kappa shape index (κ2) is 7.79. The second-order valence-corrected chi connectivity index (χ2v) is 7.92. The molecule has 0 fully saturated rings. The summed E-state index contributed by atoms with van der Waals surface area (Å²) in [6, 6.07) is 7.24. The Kier molecular flexibility index (Phi) is 6.69. The molecule has 0 unspecified atom stereocenters. The van der Waals surface area contributed by atoms with E-state index in [-0.39, 0.29) is 0 Å². The standard InChI is InChI=1S/C16H27NO2S/c1-13(2)5-6-15-7-9-16(10-8-15)20(18,19)17-12-11-14(3)4/h7-10,13-14,17H,5-6,11-12H2,1-4H3. The molecule has 0 atom stereocenters. The molecule has 0 spiro atoms. The lowest BCUT2D eigenvalue weighted by Gasteiger charge is -2.09. The van der Waals surface area contributed by atoms with Crippen molar-refractivity contribution < 1.29 is 8.42 Å². The molecule has 0 saturated heterocycles. The summed E-state index contributed by atoms with van der Waals surface area (Å²) >= 11 is 0. The number of benzene rings is 1. The molecule has 0 radical (unpaired) electrons. The fourth-order valence-corrected chi connectivity index (χ4v) is 2.90. The van der Waals surface area contributed by atoms with Gasteiger partial charge in [0.05, 0.1) is 4.90 Å². The van der Waals surface area contributed by atoms with Gasteiger partial charge in [-0.25, -0.2) is 13.1 Å². The zero-order chi connectivity index (χ0) is 15.2. The summed E-state index contributed by atoms with van der Waals surface area (Å²) in [7, 11) is -3.35. The van der Waals surface area contributed by atoms with E-state index in [0.29, 0.717) is 23.3 Å². The van der Waals surface area contributed by atoms with Crippen LogP contribution in [0.25, 0.3) is 0 Å². The second-order valence-electron chi connectivity index (χ2n) is 6.16. The summed E-state index contributed by atoms with van der Waals surface area (Å²) in [6.45, 7) is 9.04. The van der Waals surface area contributed by atoms with Crippen LogP contribution in [0.15, 0.2) is 29.2 Å². The molecule has 0 amide bonds. The lowest BCUT2D eigenvalue weighted by atomic mass is 10.0. The van der Waals surface area contributed by atoms with Gasteiger partial charge in [-0.2, -0.15) is 0 Å². The Bertz CT molecular complexity index is 490. The van der Waals surface area contributed by atoms with E-state index < -0.39 is 10.0 Å². The van der Waals surface area contributed by atoms with Gasteiger partial charge < -0.3 is 0 Å². The third-order valence-corrected chi connectivity index (χ3v) is 4.73. The fraction of sp³-hybridized carbons (Fsp3) is 0.625. The highest BCUT2D eigenvalue weighted by Gasteiger charge is 2.13. The maximum absolute atomic E-state index is 12.1. The summed E-state index contributed by atoms with van der Waals surface area (Å²) < 4.78 is 26.8. The van der Waals surface area contributed by atoms with Gasteiger partial charge in [-0.3, -0.25) is 0 Å². The zero-order valence-corrected chi connectivity index (χ0v) is 13.8. The minimum Gasteiger partial charge on any atom is -0.211 e. The zero-order valence-electron chi connectivity index (χ0n) is 13.0. The van der Waals surface area contributed by atoms with Crippen molar-refractivity contribution in [1.29, 1.82) is 0 Å². The monoisotopic (exact) mass is 297 g/mol. The van der Waals surface area contributed by atoms with Crippen LogP contribution in [0.1, 0.15) is 46.1 Å². The summed E-state index contributed by atoms with van der Waals surface area (Å²) in [6.07, 6.45) is 2.98. The van der Waals surface area contributed by atoms with Gasteiger partial charge >= 0.3 is 0 Å². The van der Waals surface area contributed by atoms with Crippen molar-refractivity contribution in [2.45, 2.75) is 51.9 Å². The summed E-state index contributed by atoms with van der Waals surface area (Å²) in [4.78, 5) is 0.356. The van der Waals surface area contributed by atoms with Gasteiger partial charge in [0.2, 0.25) is 10.0 Å². The smallest absolute Gasteiger partial charge is 0.211 e. The SMILES string of the molecule is CC(C)CCNS(=O)(=O)c1ccc(CCC(C)C)cc1. The van der Waals surface area contributed by atoms with Gasteiger partial charge in [0, 0.05) is 6.54 Å². The molecule has 0 aliphatic rings. The van der Waals surface area contributed by atoms with E-state index in [0.717, 1.165) is 19.3 Å². The summed E-state index contributed by atoms with van der Waals surface area (Å²) in [5.41, 5.74) is 1.19. The van der Waals surface area contributed by atoms with E-state index >= 15 is 0 Å². The Morgan fingerprint density at radius 1 is 0.950 bits per heavy atom. The number of hydrogen-bond acceptors (Lipinski definition) is 2. The number of sulfonamides is 1. The highest BCUT2D eigenvalue weighted by atomic mass is 32.2. The first-order valence-electron chi connectivity index (χ1n) is 7.40. The Balaban J connectivity index is 2.62. The number of aryl methyl sites for hydroxylation is 1. The summed E-state index contributed by atoms with van der Waals surface area (Å²) in [5.74, 6) is 1.16. The molecule has 1 aromatic carbocycles. The minimum absolute atomic E-state index is 0.356. The number of nitrogens with one attached hydrogen (secondary N) is 1.